The first-order chi connectivity index (χ1) is 8.50. The van der Waals surface area contributed by atoms with Crippen molar-refractivity contribution in [2.45, 2.75) is 46.7 Å². The van der Waals surface area contributed by atoms with E-state index < -0.39 is 0 Å². The summed E-state index contributed by atoms with van der Waals surface area (Å²) in [6.45, 7) is 10.8. The Hall–Kier alpha value is -1.64. The van der Waals surface area contributed by atoms with Crippen LogP contribution in [0, 0.1) is 6.92 Å². The van der Waals surface area contributed by atoms with Crippen molar-refractivity contribution in [3.8, 4) is 11.4 Å². The highest BCUT2D eigenvalue weighted by Crippen LogP contribution is 2.21. The molecule has 3 heteroatoms. The van der Waals surface area contributed by atoms with Crippen LogP contribution in [0.15, 0.2) is 30.5 Å². The van der Waals surface area contributed by atoms with Gasteiger partial charge in [-0.15, -0.1) is 0 Å². The SMILES string of the molecule is Cc1cc(-c2cccc[n+]2C(C)C)n(C(C)C)n1. The molecule has 0 radical (unpaired) electrons. The highest BCUT2D eigenvalue weighted by atomic mass is 15.3. The summed E-state index contributed by atoms with van der Waals surface area (Å²) < 4.78 is 4.39. The zero-order chi connectivity index (χ0) is 13.3. The molecule has 2 aromatic rings. The van der Waals surface area contributed by atoms with Crippen LogP contribution in [0.5, 0.6) is 0 Å². The van der Waals surface area contributed by atoms with Crippen LogP contribution in [0.1, 0.15) is 45.5 Å². The minimum atomic E-state index is 0.370. The van der Waals surface area contributed by atoms with Crippen molar-refractivity contribution in [2.75, 3.05) is 0 Å². The number of nitrogens with zero attached hydrogens (tertiary/aromatic N) is 3. The van der Waals surface area contributed by atoms with Crippen molar-refractivity contribution in [3.63, 3.8) is 0 Å². The summed E-state index contributed by atoms with van der Waals surface area (Å²) >= 11 is 0. The van der Waals surface area contributed by atoms with Gasteiger partial charge < -0.3 is 0 Å². The molecule has 0 bridgehead atoms. The lowest BCUT2D eigenvalue weighted by Crippen LogP contribution is -2.38. The zero-order valence-corrected chi connectivity index (χ0v) is 11.9. The van der Waals surface area contributed by atoms with E-state index in [4.69, 9.17) is 0 Å². The fourth-order valence-corrected chi connectivity index (χ4v) is 2.23. The average molecular weight is 244 g/mol. The Labute approximate surface area is 109 Å². The maximum Gasteiger partial charge on any atom is 0.230 e. The Kier molecular flexibility index (Phi) is 3.50. The van der Waals surface area contributed by atoms with Crippen LogP contribution >= 0.6 is 0 Å². The summed E-state index contributed by atoms with van der Waals surface area (Å²) in [5.41, 5.74) is 3.48. The van der Waals surface area contributed by atoms with Crippen LogP contribution in [0.4, 0.5) is 0 Å². The van der Waals surface area contributed by atoms with Gasteiger partial charge in [-0.2, -0.15) is 9.67 Å². The summed E-state index contributed by atoms with van der Waals surface area (Å²) in [4.78, 5) is 0. The van der Waals surface area contributed by atoms with Crippen LogP contribution in [0.25, 0.3) is 11.4 Å². The molecule has 18 heavy (non-hydrogen) atoms. The van der Waals surface area contributed by atoms with Crippen LogP contribution < -0.4 is 4.57 Å². The fourth-order valence-electron chi connectivity index (χ4n) is 2.23. The first kappa shape index (κ1) is 12.8. The summed E-state index contributed by atoms with van der Waals surface area (Å²) in [6, 6.07) is 9.29. The first-order valence-corrected chi connectivity index (χ1v) is 6.57. The summed E-state index contributed by atoms with van der Waals surface area (Å²) in [6.07, 6.45) is 2.13. The van der Waals surface area contributed by atoms with Gasteiger partial charge >= 0.3 is 0 Å². The molecule has 0 aliphatic heterocycles. The van der Waals surface area contributed by atoms with Gasteiger partial charge in [0.1, 0.15) is 5.69 Å². The molecule has 96 valence electrons. The third kappa shape index (κ3) is 2.30. The van der Waals surface area contributed by atoms with Gasteiger partial charge in [-0.1, -0.05) is 0 Å². The Morgan fingerprint density at radius 2 is 1.89 bits per heavy atom. The molecule has 0 aliphatic carbocycles. The lowest BCUT2D eigenvalue weighted by molar-refractivity contribution is -0.706. The number of pyridine rings is 1. The molecule has 2 rings (SSSR count). The van der Waals surface area contributed by atoms with Gasteiger partial charge in [-0.25, -0.2) is 0 Å². The van der Waals surface area contributed by atoms with Crippen molar-refractivity contribution in [2.24, 2.45) is 0 Å². The molecule has 0 N–H and O–H groups in total. The molecule has 0 saturated carbocycles. The third-order valence-corrected chi connectivity index (χ3v) is 3.06. The molecule has 0 unspecified atom stereocenters. The minimum Gasteiger partial charge on any atom is -0.256 e. The van der Waals surface area contributed by atoms with Crippen LogP contribution in [0.3, 0.4) is 0 Å². The molecular weight excluding hydrogens is 222 g/mol. The monoisotopic (exact) mass is 244 g/mol. The predicted molar refractivity (Wildman–Crippen MR) is 73.4 cm³/mol. The largest absolute Gasteiger partial charge is 0.256 e. The van der Waals surface area contributed by atoms with Gasteiger partial charge in [-0.05, 0) is 46.8 Å². The lowest BCUT2D eigenvalue weighted by atomic mass is 10.2. The van der Waals surface area contributed by atoms with E-state index in [-0.39, 0.29) is 0 Å². The molecule has 2 heterocycles. The summed E-state index contributed by atoms with van der Waals surface area (Å²) in [5.74, 6) is 0. The van der Waals surface area contributed by atoms with Gasteiger partial charge in [0.05, 0.1) is 5.69 Å². The molecule has 3 nitrogen and oxygen atoms in total. The second-order valence-electron chi connectivity index (χ2n) is 5.30. The Morgan fingerprint density at radius 1 is 1.17 bits per heavy atom. The van der Waals surface area contributed by atoms with E-state index in [0.29, 0.717) is 12.1 Å². The number of aromatic nitrogens is 3. The molecule has 0 spiro atoms. The Balaban J connectivity index is 2.62. The topological polar surface area (TPSA) is 21.7 Å². The smallest absolute Gasteiger partial charge is 0.230 e. The van der Waals surface area contributed by atoms with Crippen molar-refractivity contribution in [1.82, 2.24) is 9.78 Å². The van der Waals surface area contributed by atoms with Gasteiger partial charge in [0, 0.05) is 18.2 Å². The van der Waals surface area contributed by atoms with Gasteiger partial charge in [0.15, 0.2) is 12.2 Å². The molecular formula is C15H22N3+. The number of hydrogen-bond donors (Lipinski definition) is 0. The van der Waals surface area contributed by atoms with Crippen LogP contribution in [-0.2, 0) is 0 Å². The lowest BCUT2D eigenvalue weighted by Gasteiger charge is -2.11. The molecule has 2 aromatic heterocycles. The minimum absolute atomic E-state index is 0.370. The zero-order valence-electron chi connectivity index (χ0n) is 11.9. The Morgan fingerprint density at radius 3 is 2.50 bits per heavy atom. The van der Waals surface area contributed by atoms with Crippen LogP contribution in [-0.4, -0.2) is 9.78 Å². The Bertz CT molecular complexity index is 538. The van der Waals surface area contributed by atoms with Gasteiger partial charge in [0.2, 0.25) is 5.69 Å². The highest BCUT2D eigenvalue weighted by Gasteiger charge is 2.20. The number of aryl methyl sites for hydroxylation is 1. The average Bonchev–Trinajstić information content (AvgIpc) is 2.71. The first-order valence-electron chi connectivity index (χ1n) is 6.57. The standard InChI is InChI=1S/C15H22N3/c1-11(2)17-9-7-6-8-14(17)15-10-13(5)16-18(15)12(3)4/h6-12H,1-5H3/q+1. The maximum absolute atomic E-state index is 4.59. The molecule has 0 saturated heterocycles. The van der Waals surface area contributed by atoms with Gasteiger partial charge in [0.25, 0.3) is 0 Å². The molecule has 0 aliphatic rings. The number of rotatable bonds is 3. The summed E-state index contributed by atoms with van der Waals surface area (Å²) in [7, 11) is 0. The fraction of sp³-hybridized carbons (Fsp3) is 0.467. The molecule has 0 aromatic carbocycles. The maximum atomic E-state index is 4.59. The number of hydrogen-bond acceptors (Lipinski definition) is 1. The van der Waals surface area contributed by atoms with E-state index in [0.717, 1.165) is 5.69 Å². The van der Waals surface area contributed by atoms with E-state index in [1.807, 2.05) is 6.92 Å². The van der Waals surface area contributed by atoms with Crippen molar-refractivity contribution in [3.05, 3.63) is 36.2 Å². The van der Waals surface area contributed by atoms with Crippen LogP contribution in [0.2, 0.25) is 0 Å². The highest BCUT2D eigenvalue weighted by molar-refractivity contribution is 5.51. The summed E-state index contributed by atoms with van der Waals surface area (Å²) in [5, 5.41) is 4.59. The third-order valence-electron chi connectivity index (χ3n) is 3.06. The normalized spacial score (nSPS) is 11.5. The van der Waals surface area contributed by atoms with Gasteiger partial charge in [-0.3, -0.25) is 4.68 Å². The van der Waals surface area contributed by atoms with E-state index in [2.05, 4.69) is 72.5 Å². The van der Waals surface area contributed by atoms with E-state index in [1.54, 1.807) is 0 Å². The molecule has 0 amide bonds. The molecule has 0 fully saturated rings. The van der Waals surface area contributed by atoms with Crippen molar-refractivity contribution < 1.29 is 4.57 Å². The van der Waals surface area contributed by atoms with E-state index in [1.165, 1.54) is 11.4 Å². The van der Waals surface area contributed by atoms with Crippen molar-refractivity contribution >= 4 is 0 Å². The van der Waals surface area contributed by atoms with E-state index >= 15 is 0 Å². The van der Waals surface area contributed by atoms with E-state index in [9.17, 15) is 0 Å². The molecule has 0 atom stereocenters. The second-order valence-corrected chi connectivity index (χ2v) is 5.30. The predicted octanol–water partition coefficient (Wildman–Crippen LogP) is 3.31. The van der Waals surface area contributed by atoms with Crippen molar-refractivity contribution in [1.29, 1.82) is 0 Å². The quantitative estimate of drug-likeness (QED) is 0.759. The second kappa shape index (κ2) is 4.92.